The molecule has 0 fully saturated rings. The molecule has 0 aromatic heterocycles. The van der Waals surface area contributed by atoms with E-state index < -0.39 is 5.41 Å². The summed E-state index contributed by atoms with van der Waals surface area (Å²) in [6.07, 6.45) is 0. The van der Waals surface area contributed by atoms with Gasteiger partial charge < -0.3 is 0 Å². The van der Waals surface area contributed by atoms with E-state index in [0.717, 1.165) is 11.1 Å². The normalized spacial score (nSPS) is 26.1. The summed E-state index contributed by atoms with van der Waals surface area (Å²) >= 11 is 0. The predicted molar refractivity (Wildman–Crippen MR) is 72.8 cm³/mol. The smallest absolute Gasteiger partial charge is 0.154 e. The molecule has 0 unspecified atom stereocenters. The van der Waals surface area contributed by atoms with Crippen LogP contribution in [0.2, 0.25) is 0 Å². The number of benzene rings is 2. The molecule has 3 rings (SSSR count). The predicted octanol–water partition coefficient (Wildman–Crippen LogP) is 3.68. The van der Waals surface area contributed by atoms with Crippen molar-refractivity contribution in [2.75, 3.05) is 0 Å². The molecule has 90 valence electrons. The van der Waals surface area contributed by atoms with Crippen molar-refractivity contribution in [3.63, 3.8) is 0 Å². The molecule has 1 nitrogen and oxygen atoms in total. The number of carbonyl (C=O) groups excluding carboxylic acids is 1. The summed E-state index contributed by atoms with van der Waals surface area (Å²) in [6, 6.07) is 18.3. The van der Waals surface area contributed by atoms with Crippen LogP contribution >= 0.6 is 0 Å². The van der Waals surface area contributed by atoms with Crippen molar-refractivity contribution in [1.82, 2.24) is 0 Å². The molecule has 18 heavy (non-hydrogen) atoms. The van der Waals surface area contributed by atoms with Gasteiger partial charge in [0, 0.05) is 5.92 Å². The number of Topliss-reactive ketones (excluding diaryl/α,β-unsaturated/α-hetero) is 1. The van der Waals surface area contributed by atoms with Crippen LogP contribution in [0.4, 0.5) is 0 Å². The number of ketones is 1. The van der Waals surface area contributed by atoms with Gasteiger partial charge in [-0.25, -0.2) is 0 Å². The molecule has 0 bridgehead atoms. The molecule has 0 saturated heterocycles. The lowest BCUT2D eigenvalue weighted by molar-refractivity contribution is -0.122. The first-order chi connectivity index (χ1) is 8.65. The van der Waals surface area contributed by atoms with Crippen molar-refractivity contribution in [2.24, 2.45) is 0 Å². The highest BCUT2D eigenvalue weighted by Crippen LogP contribution is 2.46. The number of fused-ring (bicyclic) bond motifs is 1. The van der Waals surface area contributed by atoms with Crippen molar-refractivity contribution in [1.29, 1.82) is 0 Å². The average molecular weight is 236 g/mol. The van der Waals surface area contributed by atoms with Gasteiger partial charge in [0.1, 0.15) is 0 Å². The van der Waals surface area contributed by atoms with Crippen LogP contribution in [0.3, 0.4) is 0 Å². The van der Waals surface area contributed by atoms with E-state index in [1.165, 1.54) is 5.56 Å². The topological polar surface area (TPSA) is 17.1 Å². The maximum absolute atomic E-state index is 12.7. The Bertz CT molecular complexity index is 600. The highest BCUT2D eigenvalue weighted by atomic mass is 16.1. The van der Waals surface area contributed by atoms with Crippen molar-refractivity contribution < 1.29 is 4.79 Å². The molecule has 2 aromatic rings. The Labute approximate surface area is 107 Å². The molecular weight excluding hydrogens is 220 g/mol. The molecule has 0 aliphatic heterocycles. The molecule has 1 aliphatic rings. The first kappa shape index (κ1) is 11.2. The lowest BCUT2D eigenvalue weighted by Crippen LogP contribution is -2.30. The first-order valence-electron chi connectivity index (χ1n) is 6.35. The van der Waals surface area contributed by atoms with Crippen LogP contribution in [0.15, 0.2) is 54.6 Å². The third kappa shape index (κ3) is 1.30. The molecule has 0 N–H and O–H groups in total. The zero-order valence-electron chi connectivity index (χ0n) is 10.7. The van der Waals surface area contributed by atoms with E-state index >= 15 is 0 Å². The van der Waals surface area contributed by atoms with Gasteiger partial charge in [-0.1, -0.05) is 61.5 Å². The molecule has 0 amide bonds. The van der Waals surface area contributed by atoms with Gasteiger partial charge in [-0.15, -0.1) is 0 Å². The third-order valence-electron chi connectivity index (χ3n) is 4.20. The quantitative estimate of drug-likeness (QED) is 0.738. The van der Waals surface area contributed by atoms with Crippen LogP contribution in [-0.4, -0.2) is 5.78 Å². The average Bonchev–Trinajstić information content (AvgIpc) is 2.64. The second-order valence-electron chi connectivity index (χ2n) is 5.16. The summed E-state index contributed by atoms with van der Waals surface area (Å²) in [6.45, 7) is 4.06. The maximum Gasteiger partial charge on any atom is 0.154 e. The highest BCUT2D eigenvalue weighted by molar-refractivity contribution is 6.02. The van der Waals surface area contributed by atoms with Crippen LogP contribution in [0, 0.1) is 0 Å². The Kier molecular flexibility index (Phi) is 2.37. The van der Waals surface area contributed by atoms with Gasteiger partial charge in [0.25, 0.3) is 0 Å². The van der Waals surface area contributed by atoms with Gasteiger partial charge >= 0.3 is 0 Å². The van der Waals surface area contributed by atoms with E-state index in [0.29, 0.717) is 5.78 Å². The lowest BCUT2D eigenvalue weighted by Gasteiger charge is -2.24. The molecule has 1 heteroatoms. The third-order valence-corrected chi connectivity index (χ3v) is 4.20. The number of hydrogen-bond acceptors (Lipinski definition) is 1. The van der Waals surface area contributed by atoms with Crippen LogP contribution in [0.25, 0.3) is 0 Å². The molecule has 0 heterocycles. The van der Waals surface area contributed by atoms with Crippen LogP contribution in [0.5, 0.6) is 0 Å². The monoisotopic (exact) mass is 236 g/mol. The summed E-state index contributed by atoms with van der Waals surface area (Å²) in [5, 5.41) is 0. The van der Waals surface area contributed by atoms with Crippen molar-refractivity contribution >= 4 is 5.78 Å². The maximum atomic E-state index is 12.7. The van der Waals surface area contributed by atoms with Gasteiger partial charge in [0.05, 0.1) is 5.41 Å². The Morgan fingerprint density at radius 1 is 0.944 bits per heavy atom. The highest BCUT2D eigenvalue weighted by Gasteiger charge is 2.47. The Morgan fingerprint density at radius 3 is 2.28 bits per heavy atom. The first-order valence-corrected chi connectivity index (χ1v) is 6.35. The summed E-state index contributed by atoms with van der Waals surface area (Å²) in [4.78, 5) is 12.7. The fourth-order valence-electron chi connectivity index (χ4n) is 3.11. The second kappa shape index (κ2) is 3.81. The lowest BCUT2D eigenvalue weighted by atomic mass is 9.76. The van der Waals surface area contributed by atoms with Crippen molar-refractivity contribution in [3.8, 4) is 0 Å². The Hall–Kier alpha value is -1.89. The van der Waals surface area contributed by atoms with Crippen molar-refractivity contribution in [2.45, 2.75) is 25.2 Å². The van der Waals surface area contributed by atoms with E-state index in [4.69, 9.17) is 0 Å². The van der Waals surface area contributed by atoms with Gasteiger partial charge in [-0.3, -0.25) is 4.79 Å². The zero-order valence-corrected chi connectivity index (χ0v) is 10.7. The summed E-state index contributed by atoms with van der Waals surface area (Å²) in [5.41, 5.74) is 2.94. The SMILES string of the molecule is C[C@@H]1C(=O)[C@@](C)(c2ccccc2)c2ccccc21. The summed E-state index contributed by atoms with van der Waals surface area (Å²) < 4.78 is 0. The van der Waals surface area contributed by atoms with E-state index in [2.05, 4.69) is 12.1 Å². The fraction of sp³-hybridized carbons (Fsp3) is 0.235. The fourth-order valence-corrected chi connectivity index (χ4v) is 3.11. The van der Waals surface area contributed by atoms with Crippen LogP contribution in [-0.2, 0) is 10.2 Å². The van der Waals surface area contributed by atoms with Gasteiger partial charge in [-0.05, 0) is 23.6 Å². The second-order valence-corrected chi connectivity index (χ2v) is 5.16. The summed E-state index contributed by atoms with van der Waals surface area (Å²) in [5.74, 6) is 0.293. The van der Waals surface area contributed by atoms with E-state index in [1.54, 1.807) is 0 Å². The van der Waals surface area contributed by atoms with E-state index in [-0.39, 0.29) is 5.92 Å². The summed E-state index contributed by atoms with van der Waals surface area (Å²) in [7, 11) is 0. The van der Waals surface area contributed by atoms with Gasteiger partial charge in [0.2, 0.25) is 0 Å². The van der Waals surface area contributed by atoms with Crippen molar-refractivity contribution in [3.05, 3.63) is 71.3 Å². The van der Waals surface area contributed by atoms with Crippen LogP contribution < -0.4 is 0 Å². The minimum atomic E-state index is -0.489. The van der Waals surface area contributed by atoms with Crippen LogP contribution in [0.1, 0.15) is 36.5 Å². The minimum Gasteiger partial charge on any atom is -0.298 e. The Morgan fingerprint density at radius 2 is 1.56 bits per heavy atom. The van der Waals surface area contributed by atoms with Gasteiger partial charge in [-0.2, -0.15) is 0 Å². The number of hydrogen-bond donors (Lipinski definition) is 0. The molecule has 1 aliphatic carbocycles. The number of rotatable bonds is 1. The number of carbonyl (C=O) groups is 1. The minimum absolute atomic E-state index is 0.00796. The molecule has 0 spiro atoms. The zero-order chi connectivity index (χ0) is 12.8. The Balaban J connectivity index is 2.27. The van der Waals surface area contributed by atoms with E-state index in [1.807, 2.05) is 56.3 Å². The molecule has 2 aromatic carbocycles. The standard InChI is InChI=1S/C17H16O/c1-12-14-10-6-7-11-15(14)17(2,16(12)18)13-8-4-3-5-9-13/h3-12H,1-2H3/t12-,17-/m0/s1. The largest absolute Gasteiger partial charge is 0.298 e. The molecular formula is C17H16O. The van der Waals surface area contributed by atoms with E-state index in [9.17, 15) is 4.79 Å². The molecule has 0 radical (unpaired) electrons. The van der Waals surface area contributed by atoms with Gasteiger partial charge in [0.15, 0.2) is 5.78 Å². The molecule has 2 atom stereocenters. The molecule has 0 saturated carbocycles.